The number of fused-ring (bicyclic) bond motifs is 1. The van der Waals surface area contributed by atoms with Crippen LogP contribution in [-0.2, 0) is 9.53 Å². The van der Waals surface area contributed by atoms with Crippen LogP contribution in [0.3, 0.4) is 0 Å². The molecule has 0 amide bonds. The summed E-state index contributed by atoms with van der Waals surface area (Å²) >= 11 is 0. The topological polar surface area (TPSA) is 44.8 Å². The number of hydrogen-bond donors (Lipinski definition) is 0. The molecule has 0 radical (unpaired) electrons. The van der Waals surface area contributed by atoms with Gasteiger partial charge in [0.1, 0.15) is 0 Å². The van der Waals surface area contributed by atoms with Crippen molar-refractivity contribution >= 4 is 5.97 Å². The van der Waals surface area contributed by atoms with E-state index in [0.29, 0.717) is 0 Å². The van der Waals surface area contributed by atoms with Gasteiger partial charge in [0.05, 0.1) is 13.0 Å². The van der Waals surface area contributed by atoms with Crippen LogP contribution in [0, 0.1) is 5.92 Å². The van der Waals surface area contributed by atoms with Gasteiger partial charge in [-0.1, -0.05) is 6.07 Å². The van der Waals surface area contributed by atoms with E-state index in [1.54, 1.807) is 0 Å². The molecule has 1 saturated carbocycles. The third-order valence-corrected chi connectivity index (χ3v) is 3.12. The first-order valence-electron chi connectivity index (χ1n) is 5.27. The van der Waals surface area contributed by atoms with Gasteiger partial charge in [-0.05, 0) is 30.0 Å². The highest BCUT2D eigenvalue weighted by Crippen LogP contribution is 2.50. The van der Waals surface area contributed by atoms with E-state index < -0.39 is 0 Å². The zero-order chi connectivity index (χ0) is 11.1. The van der Waals surface area contributed by atoms with E-state index in [0.717, 1.165) is 23.5 Å². The fourth-order valence-electron chi connectivity index (χ4n) is 2.12. The van der Waals surface area contributed by atoms with Crippen molar-refractivity contribution in [1.29, 1.82) is 0 Å². The van der Waals surface area contributed by atoms with Crippen molar-refractivity contribution < 1.29 is 19.0 Å². The minimum atomic E-state index is -0.123. The summed E-state index contributed by atoms with van der Waals surface area (Å²) in [5.74, 6) is 1.72. The van der Waals surface area contributed by atoms with E-state index >= 15 is 0 Å². The molecule has 1 aromatic carbocycles. The quantitative estimate of drug-likeness (QED) is 0.711. The van der Waals surface area contributed by atoms with Gasteiger partial charge in [0, 0.05) is 0 Å². The molecule has 1 fully saturated rings. The summed E-state index contributed by atoms with van der Waals surface area (Å²) in [5.41, 5.74) is 1.12. The van der Waals surface area contributed by atoms with Crippen molar-refractivity contribution in [1.82, 2.24) is 0 Å². The molecule has 16 heavy (non-hydrogen) atoms. The molecule has 3 rings (SSSR count). The van der Waals surface area contributed by atoms with Crippen molar-refractivity contribution in [3.05, 3.63) is 23.8 Å². The van der Waals surface area contributed by atoms with E-state index in [4.69, 9.17) is 14.2 Å². The number of carbonyl (C=O) groups is 1. The number of ether oxygens (including phenoxy) is 3. The van der Waals surface area contributed by atoms with Gasteiger partial charge < -0.3 is 14.2 Å². The molecule has 0 saturated heterocycles. The van der Waals surface area contributed by atoms with Crippen molar-refractivity contribution in [2.75, 3.05) is 13.9 Å². The summed E-state index contributed by atoms with van der Waals surface area (Å²) in [6.45, 7) is 0.282. The molecular weight excluding hydrogens is 208 g/mol. The molecule has 1 aliphatic carbocycles. The van der Waals surface area contributed by atoms with Gasteiger partial charge in [0.2, 0.25) is 6.79 Å². The van der Waals surface area contributed by atoms with E-state index in [1.807, 2.05) is 18.2 Å². The average molecular weight is 220 g/mol. The van der Waals surface area contributed by atoms with Crippen LogP contribution in [0.1, 0.15) is 17.9 Å². The van der Waals surface area contributed by atoms with Crippen LogP contribution in [0.15, 0.2) is 18.2 Å². The maximum atomic E-state index is 11.3. The average Bonchev–Trinajstić information content (AvgIpc) is 2.98. The Morgan fingerprint density at radius 1 is 1.38 bits per heavy atom. The highest BCUT2D eigenvalue weighted by Gasteiger charge is 2.45. The second-order valence-corrected chi connectivity index (χ2v) is 4.08. The Morgan fingerprint density at radius 3 is 3.00 bits per heavy atom. The number of esters is 1. The van der Waals surface area contributed by atoms with Gasteiger partial charge in [-0.25, -0.2) is 0 Å². The number of methoxy groups -OCH3 is 1. The molecule has 0 bridgehead atoms. The number of rotatable bonds is 2. The minimum Gasteiger partial charge on any atom is -0.469 e. The zero-order valence-electron chi connectivity index (χ0n) is 8.93. The van der Waals surface area contributed by atoms with Gasteiger partial charge in [-0.3, -0.25) is 4.79 Å². The van der Waals surface area contributed by atoms with Crippen molar-refractivity contribution in [2.45, 2.75) is 12.3 Å². The normalized spacial score (nSPS) is 25.3. The number of benzene rings is 1. The Bertz CT molecular complexity index is 441. The molecule has 1 aliphatic heterocycles. The van der Waals surface area contributed by atoms with Crippen molar-refractivity contribution in [3.8, 4) is 11.5 Å². The maximum absolute atomic E-state index is 11.3. The largest absolute Gasteiger partial charge is 0.469 e. The number of carbonyl (C=O) groups excluding carboxylic acids is 1. The minimum absolute atomic E-state index is 0.0189. The maximum Gasteiger partial charge on any atom is 0.309 e. The molecule has 1 heterocycles. The molecule has 0 N–H and O–H groups in total. The van der Waals surface area contributed by atoms with E-state index in [-0.39, 0.29) is 24.6 Å². The lowest BCUT2D eigenvalue weighted by Crippen LogP contribution is -2.03. The monoisotopic (exact) mass is 220 g/mol. The van der Waals surface area contributed by atoms with Crippen LogP contribution in [0.25, 0.3) is 0 Å². The summed E-state index contributed by atoms with van der Waals surface area (Å²) in [4.78, 5) is 11.3. The predicted molar refractivity (Wildman–Crippen MR) is 55.4 cm³/mol. The third kappa shape index (κ3) is 1.41. The molecule has 1 aromatic rings. The van der Waals surface area contributed by atoms with E-state index in [2.05, 4.69) is 0 Å². The lowest BCUT2D eigenvalue weighted by atomic mass is 10.1. The van der Waals surface area contributed by atoms with Gasteiger partial charge in [0.15, 0.2) is 11.5 Å². The summed E-state index contributed by atoms with van der Waals surface area (Å²) in [5, 5.41) is 0. The highest BCUT2D eigenvalue weighted by molar-refractivity contribution is 5.77. The van der Waals surface area contributed by atoms with Crippen LogP contribution in [0.2, 0.25) is 0 Å². The first-order chi connectivity index (χ1) is 7.79. The SMILES string of the molecule is COC(=O)[C@H]1C[C@@H]1c1ccc2c(c1)OCO2. The molecule has 0 spiro atoms. The molecule has 2 aliphatic rings. The van der Waals surface area contributed by atoms with Crippen LogP contribution < -0.4 is 9.47 Å². The summed E-state index contributed by atoms with van der Waals surface area (Å²) in [6, 6.07) is 5.83. The fourth-order valence-corrected chi connectivity index (χ4v) is 2.12. The zero-order valence-corrected chi connectivity index (χ0v) is 8.93. The Hall–Kier alpha value is -1.71. The molecule has 4 heteroatoms. The van der Waals surface area contributed by atoms with Crippen LogP contribution >= 0.6 is 0 Å². The Morgan fingerprint density at radius 2 is 2.19 bits per heavy atom. The standard InChI is InChI=1S/C12H12O4/c1-14-12(13)9-5-8(9)7-2-3-10-11(4-7)16-6-15-10/h2-4,8-9H,5-6H2,1H3/t8-,9+/m1/s1. The molecular formula is C12H12O4. The second-order valence-electron chi connectivity index (χ2n) is 4.08. The van der Waals surface area contributed by atoms with E-state index in [1.165, 1.54) is 7.11 Å². The predicted octanol–water partition coefficient (Wildman–Crippen LogP) is 1.69. The summed E-state index contributed by atoms with van der Waals surface area (Å²) < 4.78 is 15.3. The molecule has 2 atom stereocenters. The van der Waals surface area contributed by atoms with Gasteiger partial charge in [-0.15, -0.1) is 0 Å². The van der Waals surface area contributed by atoms with Crippen molar-refractivity contribution in [3.63, 3.8) is 0 Å². The smallest absolute Gasteiger partial charge is 0.309 e. The van der Waals surface area contributed by atoms with Crippen LogP contribution in [0.4, 0.5) is 0 Å². The highest BCUT2D eigenvalue weighted by atomic mass is 16.7. The van der Waals surface area contributed by atoms with Crippen LogP contribution in [-0.4, -0.2) is 19.9 Å². The summed E-state index contributed by atoms with van der Waals surface area (Å²) in [6.07, 6.45) is 0.867. The van der Waals surface area contributed by atoms with Crippen molar-refractivity contribution in [2.24, 2.45) is 5.92 Å². The van der Waals surface area contributed by atoms with Crippen LogP contribution in [0.5, 0.6) is 11.5 Å². The van der Waals surface area contributed by atoms with Gasteiger partial charge >= 0.3 is 5.97 Å². The lowest BCUT2D eigenvalue weighted by Gasteiger charge is -2.01. The molecule has 4 nitrogen and oxygen atoms in total. The first kappa shape index (κ1) is 9.51. The molecule has 0 aromatic heterocycles. The fraction of sp³-hybridized carbons (Fsp3) is 0.417. The molecule has 0 unspecified atom stereocenters. The first-order valence-corrected chi connectivity index (χ1v) is 5.27. The number of hydrogen-bond acceptors (Lipinski definition) is 4. The molecule has 84 valence electrons. The Balaban J connectivity index is 1.80. The van der Waals surface area contributed by atoms with E-state index in [9.17, 15) is 4.79 Å². The summed E-state index contributed by atoms with van der Waals surface area (Å²) in [7, 11) is 1.43. The third-order valence-electron chi connectivity index (χ3n) is 3.12. The van der Waals surface area contributed by atoms with Gasteiger partial charge in [0.25, 0.3) is 0 Å². The second kappa shape index (κ2) is 3.40. The van der Waals surface area contributed by atoms with Gasteiger partial charge in [-0.2, -0.15) is 0 Å². The lowest BCUT2D eigenvalue weighted by molar-refractivity contribution is -0.142. The Labute approximate surface area is 93.1 Å². The Kier molecular flexibility index (Phi) is 2.02.